The predicted octanol–water partition coefficient (Wildman–Crippen LogP) is 5.88. The van der Waals surface area contributed by atoms with Crippen molar-refractivity contribution < 1.29 is 19.1 Å². The molecule has 3 aromatic rings. The molecule has 3 aromatic carbocycles. The number of rotatable bonds is 12. The number of aryl methyl sites for hydroxylation is 1. The maximum absolute atomic E-state index is 13.0. The van der Waals surface area contributed by atoms with Crippen LogP contribution in [-0.4, -0.2) is 30.6 Å². The van der Waals surface area contributed by atoms with Crippen LogP contribution in [0.5, 0.6) is 0 Å². The van der Waals surface area contributed by atoms with Crippen LogP contribution in [0, 0.1) is 12.8 Å². The Kier molecular flexibility index (Phi) is 10.3. The van der Waals surface area contributed by atoms with Crippen molar-refractivity contribution in [1.82, 2.24) is 5.32 Å². The third-order valence-electron chi connectivity index (χ3n) is 5.97. The molecule has 2 atom stereocenters. The molecule has 0 aliphatic carbocycles. The monoisotopic (exact) mass is 487 g/mol. The van der Waals surface area contributed by atoms with Crippen molar-refractivity contribution >= 4 is 11.9 Å². The second kappa shape index (κ2) is 13.6. The highest BCUT2D eigenvalue weighted by molar-refractivity contribution is 5.80. The number of hydrogen-bond acceptors (Lipinski definition) is 5. The molecular formula is C31H37NO4. The van der Waals surface area contributed by atoms with Crippen molar-refractivity contribution in [3.05, 3.63) is 95.6 Å². The van der Waals surface area contributed by atoms with Gasteiger partial charge in [0.05, 0.1) is 6.61 Å². The maximum Gasteiger partial charge on any atom is 0.323 e. The second-order valence-electron chi connectivity index (χ2n) is 9.51. The van der Waals surface area contributed by atoms with E-state index in [9.17, 15) is 9.59 Å². The molecule has 5 nitrogen and oxygen atoms in total. The Bertz CT molecular complexity index is 1090. The fraction of sp³-hybridized carbons (Fsp3) is 0.355. The third kappa shape index (κ3) is 8.35. The summed E-state index contributed by atoms with van der Waals surface area (Å²) >= 11 is 0. The minimum Gasteiger partial charge on any atom is -0.465 e. The normalized spacial score (nSPS) is 12.7. The Morgan fingerprint density at radius 2 is 1.33 bits per heavy atom. The highest BCUT2D eigenvalue weighted by Crippen LogP contribution is 2.21. The Hall–Kier alpha value is -3.44. The molecule has 0 spiro atoms. The first-order valence-corrected chi connectivity index (χ1v) is 12.6. The van der Waals surface area contributed by atoms with Gasteiger partial charge in [0.15, 0.2) is 0 Å². The SMILES string of the molecule is CCOC(=O)C(Cc1ccc(-c2ccc(C)cc2)cc1)N[C@@H](CC(C)C)C(=O)OCc1ccccc1. The van der Waals surface area contributed by atoms with E-state index in [-0.39, 0.29) is 31.1 Å². The summed E-state index contributed by atoms with van der Waals surface area (Å²) in [6, 6.07) is 24.8. The molecule has 0 fully saturated rings. The Labute approximate surface area is 214 Å². The molecule has 0 saturated carbocycles. The van der Waals surface area contributed by atoms with E-state index in [1.807, 2.05) is 56.3 Å². The predicted molar refractivity (Wildman–Crippen MR) is 143 cm³/mol. The minimum absolute atomic E-state index is 0.195. The molecule has 1 N–H and O–H groups in total. The van der Waals surface area contributed by atoms with Crippen molar-refractivity contribution in [2.75, 3.05) is 6.61 Å². The lowest BCUT2D eigenvalue weighted by Crippen LogP contribution is -2.50. The fourth-order valence-electron chi connectivity index (χ4n) is 4.04. The molecule has 0 aliphatic rings. The zero-order valence-corrected chi connectivity index (χ0v) is 21.7. The number of ether oxygens (including phenoxy) is 2. The number of hydrogen-bond donors (Lipinski definition) is 1. The molecule has 0 aromatic heterocycles. The summed E-state index contributed by atoms with van der Waals surface area (Å²) < 4.78 is 10.9. The topological polar surface area (TPSA) is 64.6 Å². The molecule has 0 radical (unpaired) electrons. The number of nitrogens with one attached hydrogen (secondary N) is 1. The zero-order valence-electron chi connectivity index (χ0n) is 21.7. The van der Waals surface area contributed by atoms with E-state index in [1.54, 1.807) is 6.92 Å². The Morgan fingerprint density at radius 3 is 1.92 bits per heavy atom. The summed E-state index contributed by atoms with van der Waals surface area (Å²) in [5, 5.41) is 3.26. The quantitative estimate of drug-likeness (QED) is 0.323. The molecule has 0 aliphatic heterocycles. The number of carbonyl (C=O) groups is 2. The van der Waals surface area contributed by atoms with Crippen LogP contribution < -0.4 is 5.32 Å². The lowest BCUT2D eigenvalue weighted by Gasteiger charge is -2.25. The van der Waals surface area contributed by atoms with E-state index in [2.05, 4.69) is 48.6 Å². The van der Waals surface area contributed by atoms with Gasteiger partial charge in [0.2, 0.25) is 0 Å². The summed E-state index contributed by atoms with van der Waals surface area (Å²) in [5.74, 6) is -0.496. The van der Waals surface area contributed by atoms with Crippen LogP contribution >= 0.6 is 0 Å². The molecule has 5 heteroatoms. The van der Waals surface area contributed by atoms with Crippen LogP contribution in [0.25, 0.3) is 11.1 Å². The van der Waals surface area contributed by atoms with Crippen molar-refractivity contribution in [2.45, 2.75) is 59.2 Å². The number of esters is 2. The highest BCUT2D eigenvalue weighted by atomic mass is 16.5. The van der Waals surface area contributed by atoms with Crippen LogP contribution in [0.2, 0.25) is 0 Å². The van der Waals surface area contributed by atoms with E-state index < -0.39 is 12.1 Å². The van der Waals surface area contributed by atoms with Crippen molar-refractivity contribution in [2.24, 2.45) is 5.92 Å². The first kappa shape index (κ1) is 27.2. The van der Waals surface area contributed by atoms with Gasteiger partial charge in [-0.15, -0.1) is 0 Å². The molecular weight excluding hydrogens is 450 g/mol. The Balaban J connectivity index is 1.72. The fourth-order valence-corrected chi connectivity index (χ4v) is 4.04. The average Bonchev–Trinajstić information content (AvgIpc) is 2.88. The average molecular weight is 488 g/mol. The van der Waals surface area contributed by atoms with E-state index >= 15 is 0 Å². The summed E-state index contributed by atoms with van der Waals surface area (Å²) in [6.45, 7) is 8.41. The van der Waals surface area contributed by atoms with Gasteiger partial charge in [-0.2, -0.15) is 0 Å². The summed E-state index contributed by atoms with van der Waals surface area (Å²) in [7, 11) is 0. The van der Waals surface area contributed by atoms with Gasteiger partial charge in [-0.3, -0.25) is 14.9 Å². The maximum atomic E-state index is 13.0. The minimum atomic E-state index is -0.664. The van der Waals surface area contributed by atoms with Crippen molar-refractivity contribution in [3.63, 3.8) is 0 Å². The second-order valence-corrected chi connectivity index (χ2v) is 9.51. The summed E-state index contributed by atoms with van der Waals surface area (Å²) in [4.78, 5) is 25.9. The molecule has 0 heterocycles. The van der Waals surface area contributed by atoms with Gasteiger partial charge in [-0.05, 0) is 54.9 Å². The van der Waals surface area contributed by atoms with Crippen molar-refractivity contribution in [1.29, 1.82) is 0 Å². The first-order valence-electron chi connectivity index (χ1n) is 12.6. The standard InChI is InChI=1S/C31H37NO4/c1-5-35-30(33)29(20-24-13-17-27(18-14-24)26-15-11-23(4)12-16-26)32-28(19-22(2)3)31(34)36-21-25-9-7-6-8-10-25/h6-18,22,28-29,32H,5,19-21H2,1-4H3/t28-,29?/m0/s1. The van der Waals surface area contributed by atoms with Gasteiger partial charge in [0.1, 0.15) is 18.7 Å². The molecule has 0 saturated heterocycles. The molecule has 3 rings (SSSR count). The van der Waals surface area contributed by atoms with Crippen LogP contribution in [0.15, 0.2) is 78.9 Å². The highest BCUT2D eigenvalue weighted by Gasteiger charge is 2.29. The lowest BCUT2D eigenvalue weighted by molar-refractivity contribution is -0.150. The molecule has 0 bridgehead atoms. The van der Waals surface area contributed by atoms with Gasteiger partial charge in [0.25, 0.3) is 0 Å². The van der Waals surface area contributed by atoms with Gasteiger partial charge >= 0.3 is 11.9 Å². The van der Waals surface area contributed by atoms with Crippen LogP contribution in [-0.2, 0) is 32.1 Å². The molecule has 190 valence electrons. The zero-order chi connectivity index (χ0) is 25.9. The Morgan fingerprint density at radius 1 is 0.750 bits per heavy atom. The van der Waals surface area contributed by atoms with Crippen LogP contribution in [0.1, 0.15) is 43.9 Å². The number of benzene rings is 3. The lowest BCUT2D eigenvalue weighted by atomic mass is 9.98. The largest absolute Gasteiger partial charge is 0.465 e. The van der Waals surface area contributed by atoms with Crippen LogP contribution in [0.4, 0.5) is 0 Å². The first-order chi connectivity index (χ1) is 17.4. The molecule has 36 heavy (non-hydrogen) atoms. The van der Waals surface area contributed by atoms with Gasteiger partial charge in [-0.25, -0.2) is 0 Å². The van der Waals surface area contributed by atoms with Gasteiger partial charge in [0, 0.05) is 0 Å². The number of carbonyl (C=O) groups excluding carboxylic acids is 2. The van der Waals surface area contributed by atoms with E-state index in [4.69, 9.17) is 9.47 Å². The third-order valence-corrected chi connectivity index (χ3v) is 5.97. The smallest absolute Gasteiger partial charge is 0.323 e. The summed E-state index contributed by atoms with van der Waals surface area (Å²) in [6.07, 6.45) is 0.962. The van der Waals surface area contributed by atoms with E-state index in [0.29, 0.717) is 12.8 Å². The molecule has 0 amide bonds. The van der Waals surface area contributed by atoms with E-state index in [0.717, 1.165) is 22.3 Å². The van der Waals surface area contributed by atoms with Gasteiger partial charge < -0.3 is 9.47 Å². The van der Waals surface area contributed by atoms with Crippen molar-refractivity contribution in [3.8, 4) is 11.1 Å². The van der Waals surface area contributed by atoms with Gasteiger partial charge in [-0.1, -0.05) is 98.3 Å². The van der Waals surface area contributed by atoms with Crippen LogP contribution in [0.3, 0.4) is 0 Å². The van der Waals surface area contributed by atoms with E-state index in [1.165, 1.54) is 5.56 Å². The molecule has 1 unspecified atom stereocenters. The summed E-state index contributed by atoms with van der Waals surface area (Å²) in [5.41, 5.74) is 5.38.